The Kier molecular flexibility index (Phi) is 10.0. The van der Waals surface area contributed by atoms with Crippen molar-refractivity contribution in [3.63, 3.8) is 0 Å². The highest BCUT2D eigenvalue weighted by molar-refractivity contribution is 5.71. The molecule has 0 fully saturated rings. The van der Waals surface area contributed by atoms with Gasteiger partial charge in [-0.25, -0.2) is 4.79 Å². The van der Waals surface area contributed by atoms with E-state index in [2.05, 4.69) is 0 Å². The summed E-state index contributed by atoms with van der Waals surface area (Å²) in [5.74, 6) is -0.398. The van der Waals surface area contributed by atoms with Crippen LogP contribution in [0.1, 0.15) is 25.3 Å². The molecule has 1 unspecified atom stereocenters. The topological polar surface area (TPSA) is 85.2 Å². The molecule has 0 amide bonds. The van der Waals surface area contributed by atoms with Gasteiger partial charge in [0, 0.05) is 6.61 Å². The Labute approximate surface area is 137 Å². The second kappa shape index (κ2) is 11.9. The number of aryl methyl sites for hydroxylation is 1. The van der Waals surface area contributed by atoms with E-state index in [0.29, 0.717) is 39.5 Å². The molecule has 1 atom stereocenters. The van der Waals surface area contributed by atoms with Gasteiger partial charge in [-0.3, -0.25) is 0 Å². The maximum atomic E-state index is 10.5. The lowest BCUT2D eigenvalue weighted by atomic mass is 10.1. The molecule has 23 heavy (non-hydrogen) atoms. The number of carboxylic acid groups (broad SMARTS) is 1. The van der Waals surface area contributed by atoms with Gasteiger partial charge < -0.3 is 24.4 Å². The van der Waals surface area contributed by atoms with Crippen molar-refractivity contribution in [1.29, 1.82) is 0 Å². The fourth-order valence-electron chi connectivity index (χ4n) is 1.96. The molecule has 6 heteroatoms. The lowest BCUT2D eigenvalue weighted by Gasteiger charge is -2.09. The Hall–Kier alpha value is -1.63. The van der Waals surface area contributed by atoms with Crippen molar-refractivity contribution >= 4 is 5.97 Å². The first-order valence-electron chi connectivity index (χ1n) is 7.91. The number of aliphatic hydroxyl groups is 1. The zero-order valence-corrected chi connectivity index (χ0v) is 13.6. The first-order valence-corrected chi connectivity index (χ1v) is 7.91. The van der Waals surface area contributed by atoms with Gasteiger partial charge in [-0.05, 0) is 43.9 Å². The maximum Gasteiger partial charge on any atom is 0.332 e. The summed E-state index contributed by atoms with van der Waals surface area (Å²) >= 11 is 0. The Morgan fingerprint density at radius 3 is 2.39 bits per heavy atom. The van der Waals surface area contributed by atoms with E-state index in [9.17, 15) is 9.90 Å². The molecule has 0 radical (unpaired) electrons. The van der Waals surface area contributed by atoms with Gasteiger partial charge in [0.1, 0.15) is 12.4 Å². The predicted octanol–water partition coefficient (Wildman–Crippen LogP) is 1.89. The standard InChI is InChI=1S/C17H26O6/c1-2-21-10-11-22-12-13-23-15-8-6-14(7-9-15)4-3-5-16(18)17(19)20/h6-9,16,18H,2-5,10-13H2,1H3,(H,19,20). The maximum absolute atomic E-state index is 10.5. The lowest BCUT2D eigenvalue weighted by Crippen LogP contribution is -2.19. The Balaban J connectivity index is 2.14. The molecule has 6 nitrogen and oxygen atoms in total. The Morgan fingerprint density at radius 1 is 1.09 bits per heavy atom. The molecule has 0 spiro atoms. The van der Waals surface area contributed by atoms with Crippen LogP contribution >= 0.6 is 0 Å². The minimum atomic E-state index is -1.28. The van der Waals surface area contributed by atoms with E-state index in [1.54, 1.807) is 0 Å². The number of aliphatic hydroxyl groups excluding tert-OH is 1. The molecule has 0 saturated heterocycles. The van der Waals surface area contributed by atoms with E-state index in [1.165, 1.54) is 0 Å². The largest absolute Gasteiger partial charge is 0.491 e. The molecular weight excluding hydrogens is 300 g/mol. The number of carboxylic acids is 1. The van der Waals surface area contributed by atoms with Crippen LogP contribution in [-0.4, -0.2) is 55.3 Å². The first kappa shape index (κ1) is 19.4. The van der Waals surface area contributed by atoms with Crippen molar-refractivity contribution < 1.29 is 29.2 Å². The molecule has 0 aliphatic carbocycles. The lowest BCUT2D eigenvalue weighted by molar-refractivity contribution is -0.146. The van der Waals surface area contributed by atoms with E-state index < -0.39 is 12.1 Å². The zero-order chi connectivity index (χ0) is 16.9. The highest BCUT2D eigenvalue weighted by Gasteiger charge is 2.11. The molecule has 0 aliphatic heterocycles. The molecule has 0 aromatic heterocycles. The van der Waals surface area contributed by atoms with E-state index in [1.807, 2.05) is 31.2 Å². The van der Waals surface area contributed by atoms with Crippen LogP contribution < -0.4 is 4.74 Å². The van der Waals surface area contributed by atoms with Crippen LogP contribution in [0, 0.1) is 0 Å². The molecule has 0 saturated carbocycles. The van der Waals surface area contributed by atoms with Gasteiger partial charge in [0.05, 0.1) is 19.8 Å². The van der Waals surface area contributed by atoms with Crippen LogP contribution in [-0.2, 0) is 20.7 Å². The van der Waals surface area contributed by atoms with Gasteiger partial charge in [0.2, 0.25) is 0 Å². The highest BCUT2D eigenvalue weighted by Crippen LogP contribution is 2.14. The minimum absolute atomic E-state index is 0.257. The molecule has 2 N–H and O–H groups in total. The third kappa shape index (κ3) is 9.18. The molecule has 0 aliphatic rings. The quantitative estimate of drug-likeness (QED) is 0.538. The summed E-state index contributed by atoms with van der Waals surface area (Å²) in [6, 6.07) is 7.64. The summed E-state index contributed by atoms with van der Waals surface area (Å²) in [7, 11) is 0. The number of hydrogen-bond acceptors (Lipinski definition) is 5. The van der Waals surface area contributed by atoms with Crippen LogP contribution in [0.5, 0.6) is 5.75 Å². The number of ether oxygens (including phenoxy) is 3. The molecule has 0 heterocycles. The van der Waals surface area contributed by atoms with E-state index >= 15 is 0 Å². The summed E-state index contributed by atoms with van der Waals surface area (Å²) in [5.41, 5.74) is 1.09. The Bertz CT molecular complexity index is 431. The second-order valence-corrected chi connectivity index (χ2v) is 5.05. The van der Waals surface area contributed by atoms with Crippen molar-refractivity contribution in [2.45, 2.75) is 32.3 Å². The van der Waals surface area contributed by atoms with Gasteiger partial charge in [-0.15, -0.1) is 0 Å². The van der Waals surface area contributed by atoms with Crippen LogP contribution in [0.25, 0.3) is 0 Å². The summed E-state index contributed by atoms with van der Waals surface area (Å²) in [5, 5.41) is 17.8. The van der Waals surface area contributed by atoms with Gasteiger partial charge in [0.25, 0.3) is 0 Å². The predicted molar refractivity (Wildman–Crippen MR) is 85.8 cm³/mol. The number of carbonyl (C=O) groups is 1. The van der Waals surface area contributed by atoms with Crippen molar-refractivity contribution in [2.24, 2.45) is 0 Å². The average molecular weight is 326 g/mol. The van der Waals surface area contributed by atoms with Crippen molar-refractivity contribution in [2.75, 3.05) is 33.0 Å². The van der Waals surface area contributed by atoms with Crippen molar-refractivity contribution in [3.8, 4) is 5.75 Å². The van der Waals surface area contributed by atoms with Crippen molar-refractivity contribution in [1.82, 2.24) is 0 Å². The SMILES string of the molecule is CCOCCOCCOc1ccc(CCCC(O)C(=O)O)cc1. The normalized spacial score (nSPS) is 12.1. The van der Waals surface area contributed by atoms with Gasteiger partial charge in [0.15, 0.2) is 6.10 Å². The van der Waals surface area contributed by atoms with Gasteiger partial charge in [-0.2, -0.15) is 0 Å². The fourth-order valence-corrected chi connectivity index (χ4v) is 1.96. The van der Waals surface area contributed by atoms with Crippen molar-refractivity contribution in [3.05, 3.63) is 29.8 Å². The van der Waals surface area contributed by atoms with E-state index in [-0.39, 0.29) is 6.42 Å². The third-order valence-electron chi connectivity index (χ3n) is 3.22. The fraction of sp³-hybridized carbons (Fsp3) is 0.588. The number of aliphatic carboxylic acids is 1. The Morgan fingerprint density at radius 2 is 1.74 bits per heavy atom. The third-order valence-corrected chi connectivity index (χ3v) is 3.22. The molecule has 1 aromatic carbocycles. The molecule has 130 valence electrons. The van der Waals surface area contributed by atoms with Crippen LogP contribution in [0.4, 0.5) is 0 Å². The molecule has 1 aromatic rings. The van der Waals surface area contributed by atoms with E-state index in [0.717, 1.165) is 17.7 Å². The van der Waals surface area contributed by atoms with E-state index in [4.69, 9.17) is 19.3 Å². The smallest absolute Gasteiger partial charge is 0.332 e. The second-order valence-electron chi connectivity index (χ2n) is 5.05. The number of rotatable bonds is 13. The molecule has 0 bridgehead atoms. The van der Waals surface area contributed by atoms with Gasteiger partial charge >= 0.3 is 5.97 Å². The monoisotopic (exact) mass is 326 g/mol. The van der Waals surface area contributed by atoms with Crippen LogP contribution in [0.15, 0.2) is 24.3 Å². The van der Waals surface area contributed by atoms with Crippen LogP contribution in [0.3, 0.4) is 0 Å². The zero-order valence-electron chi connectivity index (χ0n) is 13.6. The number of hydrogen-bond donors (Lipinski definition) is 2. The summed E-state index contributed by atoms with van der Waals surface area (Å²) < 4.78 is 16.1. The molecule has 1 rings (SSSR count). The molecular formula is C17H26O6. The summed E-state index contributed by atoms with van der Waals surface area (Å²) in [6.07, 6.45) is 0.333. The van der Waals surface area contributed by atoms with Gasteiger partial charge in [-0.1, -0.05) is 12.1 Å². The summed E-state index contributed by atoms with van der Waals surface area (Å²) in [6.45, 7) is 4.81. The number of benzene rings is 1. The average Bonchev–Trinajstić information content (AvgIpc) is 2.55. The minimum Gasteiger partial charge on any atom is -0.491 e. The summed E-state index contributed by atoms with van der Waals surface area (Å²) in [4.78, 5) is 10.5. The highest BCUT2D eigenvalue weighted by atomic mass is 16.5. The first-order chi connectivity index (χ1) is 11.1. The van der Waals surface area contributed by atoms with Crippen LogP contribution in [0.2, 0.25) is 0 Å².